The van der Waals surface area contributed by atoms with Crippen molar-refractivity contribution in [2.45, 2.75) is 32.2 Å². The van der Waals surface area contributed by atoms with E-state index in [2.05, 4.69) is 15.3 Å². The lowest BCUT2D eigenvalue weighted by Gasteiger charge is -2.33. The molecule has 0 aliphatic carbocycles. The SMILES string of the molecule is CC(=O)C1CCN(C(=O)[C@H](Cc2ccc(F)cc2)NC(=O)c2cc3cc(Cl)ncc3[nH]2)CC1. The second-order valence-electron chi connectivity index (χ2n) is 8.34. The Bertz CT molecular complexity index is 1190. The molecule has 1 aliphatic heterocycles. The first-order chi connectivity index (χ1) is 15.8. The molecule has 9 heteroatoms. The second kappa shape index (κ2) is 9.70. The highest BCUT2D eigenvalue weighted by molar-refractivity contribution is 6.30. The first kappa shape index (κ1) is 22.9. The summed E-state index contributed by atoms with van der Waals surface area (Å²) in [6.07, 6.45) is 2.96. The van der Waals surface area contributed by atoms with Gasteiger partial charge in [0.05, 0.1) is 11.7 Å². The van der Waals surface area contributed by atoms with Crippen molar-refractivity contribution in [1.82, 2.24) is 20.2 Å². The maximum Gasteiger partial charge on any atom is 0.268 e. The monoisotopic (exact) mass is 470 g/mol. The fourth-order valence-corrected chi connectivity index (χ4v) is 4.31. The lowest BCUT2D eigenvalue weighted by molar-refractivity contribution is -0.136. The molecule has 2 N–H and O–H groups in total. The van der Waals surface area contributed by atoms with Crippen LogP contribution in [0.1, 0.15) is 35.8 Å². The second-order valence-corrected chi connectivity index (χ2v) is 8.73. The minimum absolute atomic E-state index is 0.0361. The zero-order chi connectivity index (χ0) is 23.5. The van der Waals surface area contributed by atoms with Crippen molar-refractivity contribution in [3.05, 3.63) is 64.8 Å². The van der Waals surface area contributed by atoms with Crippen molar-refractivity contribution >= 4 is 40.1 Å². The van der Waals surface area contributed by atoms with E-state index in [1.165, 1.54) is 18.3 Å². The third-order valence-electron chi connectivity index (χ3n) is 6.05. The van der Waals surface area contributed by atoms with Crippen LogP contribution >= 0.6 is 11.6 Å². The zero-order valence-electron chi connectivity index (χ0n) is 18.1. The number of rotatable bonds is 6. The number of benzene rings is 1. The third kappa shape index (κ3) is 5.39. The first-order valence-electron chi connectivity index (χ1n) is 10.8. The molecule has 2 amide bonds. The summed E-state index contributed by atoms with van der Waals surface area (Å²) in [4.78, 5) is 46.7. The lowest BCUT2D eigenvalue weighted by Crippen LogP contribution is -2.52. The fraction of sp³-hybridized carbons (Fsp3) is 0.333. The average molecular weight is 471 g/mol. The number of halogens is 2. The quantitative estimate of drug-likeness (QED) is 0.539. The Labute approximate surface area is 195 Å². The highest BCUT2D eigenvalue weighted by atomic mass is 35.5. The minimum Gasteiger partial charge on any atom is -0.349 e. The predicted molar refractivity (Wildman–Crippen MR) is 122 cm³/mol. The molecule has 7 nitrogen and oxygen atoms in total. The van der Waals surface area contributed by atoms with Gasteiger partial charge in [0.2, 0.25) is 5.91 Å². The molecule has 3 heterocycles. The molecule has 4 rings (SSSR count). The molecule has 1 aromatic carbocycles. The van der Waals surface area contributed by atoms with Gasteiger partial charge in [-0.15, -0.1) is 0 Å². The summed E-state index contributed by atoms with van der Waals surface area (Å²) in [6.45, 7) is 2.48. The number of aromatic amines is 1. The number of aromatic nitrogens is 2. The van der Waals surface area contributed by atoms with Crippen molar-refractivity contribution < 1.29 is 18.8 Å². The highest BCUT2D eigenvalue weighted by Crippen LogP contribution is 2.21. The molecule has 0 saturated carbocycles. The van der Waals surface area contributed by atoms with Crippen molar-refractivity contribution in [2.75, 3.05) is 13.1 Å². The number of carbonyl (C=O) groups is 3. The Morgan fingerprint density at radius 2 is 1.91 bits per heavy atom. The van der Waals surface area contributed by atoms with Gasteiger partial charge in [0, 0.05) is 30.8 Å². The predicted octanol–water partition coefficient (Wildman–Crippen LogP) is 3.52. The molecule has 0 bridgehead atoms. The Morgan fingerprint density at radius 1 is 1.21 bits per heavy atom. The normalized spacial score (nSPS) is 15.4. The molecule has 0 radical (unpaired) electrons. The largest absolute Gasteiger partial charge is 0.349 e. The van der Waals surface area contributed by atoms with Gasteiger partial charge < -0.3 is 15.2 Å². The van der Waals surface area contributed by atoms with Crippen LogP contribution < -0.4 is 5.32 Å². The van der Waals surface area contributed by atoms with Crippen LogP contribution in [0.15, 0.2) is 42.6 Å². The van der Waals surface area contributed by atoms with Crippen molar-refractivity contribution in [1.29, 1.82) is 0 Å². The smallest absolute Gasteiger partial charge is 0.268 e. The van der Waals surface area contributed by atoms with Gasteiger partial charge in [-0.3, -0.25) is 14.4 Å². The number of piperidine rings is 1. The van der Waals surface area contributed by atoms with Gasteiger partial charge in [0.25, 0.3) is 5.91 Å². The van der Waals surface area contributed by atoms with Gasteiger partial charge >= 0.3 is 0 Å². The van der Waals surface area contributed by atoms with Crippen LogP contribution in [-0.4, -0.2) is 51.6 Å². The number of fused-ring (bicyclic) bond motifs is 1. The number of nitrogens with one attached hydrogen (secondary N) is 2. The summed E-state index contributed by atoms with van der Waals surface area (Å²) >= 11 is 5.93. The van der Waals surface area contributed by atoms with Gasteiger partial charge in [-0.1, -0.05) is 23.7 Å². The lowest BCUT2D eigenvalue weighted by atomic mass is 9.92. The summed E-state index contributed by atoms with van der Waals surface area (Å²) in [5, 5.41) is 3.87. The molecule has 1 atom stereocenters. The van der Waals surface area contributed by atoms with E-state index in [1.807, 2.05) is 0 Å². The van der Waals surface area contributed by atoms with Gasteiger partial charge in [-0.25, -0.2) is 9.37 Å². The number of Topliss-reactive ketones (excluding diaryl/α,β-unsaturated/α-hetero) is 1. The molecular formula is C24H24ClFN4O3. The van der Waals surface area contributed by atoms with Crippen LogP contribution in [-0.2, 0) is 16.0 Å². The number of amides is 2. The Balaban J connectivity index is 1.53. The van der Waals surface area contributed by atoms with Crippen molar-refractivity contribution in [3.63, 3.8) is 0 Å². The number of carbonyl (C=O) groups excluding carboxylic acids is 3. The average Bonchev–Trinajstić information content (AvgIpc) is 3.23. The van der Waals surface area contributed by atoms with E-state index in [0.29, 0.717) is 36.6 Å². The van der Waals surface area contributed by atoms with Gasteiger partial charge in [-0.05, 0) is 49.6 Å². The van der Waals surface area contributed by atoms with E-state index in [0.717, 1.165) is 10.9 Å². The van der Waals surface area contributed by atoms with E-state index in [1.54, 1.807) is 36.1 Å². The number of ketones is 1. The number of pyridine rings is 1. The maximum atomic E-state index is 13.3. The third-order valence-corrected chi connectivity index (χ3v) is 6.26. The number of likely N-dealkylation sites (tertiary alicyclic amines) is 1. The Hall–Kier alpha value is -3.26. The molecular weight excluding hydrogens is 447 g/mol. The van der Waals surface area contributed by atoms with Crippen LogP contribution in [0.3, 0.4) is 0 Å². The van der Waals surface area contributed by atoms with Gasteiger partial charge in [0.1, 0.15) is 28.5 Å². The first-order valence-corrected chi connectivity index (χ1v) is 11.2. The minimum atomic E-state index is -0.843. The maximum absolute atomic E-state index is 13.3. The molecule has 2 aromatic heterocycles. The summed E-state index contributed by atoms with van der Waals surface area (Å²) in [7, 11) is 0. The number of hydrogen-bond acceptors (Lipinski definition) is 4. The summed E-state index contributed by atoms with van der Waals surface area (Å²) in [5.74, 6) is -0.947. The molecule has 3 aromatic rings. The molecule has 172 valence electrons. The van der Waals surface area contributed by atoms with Crippen LogP contribution in [0, 0.1) is 11.7 Å². The summed E-state index contributed by atoms with van der Waals surface area (Å²) in [5.41, 5.74) is 1.65. The molecule has 1 fully saturated rings. The topological polar surface area (TPSA) is 95.2 Å². The zero-order valence-corrected chi connectivity index (χ0v) is 18.9. The standard InChI is InChI=1S/C24H24ClFN4O3/c1-14(31)16-6-8-30(9-7-16)24(33)20(10-15-2-4-18(26)5-3-15)29-23(32)19-11-17-12-22(25)27-13-21(17)28-19/h2-5,11-13,16,20,28H,6-10H2,1H3,(H,29,32)/t20-/m0/s1. The highest BCUT2D eigenvalue weighted by Gasteiger charge is 2.31. The molecule has 1 saturated heterocycles. The van der Waals surface area contributed by atoms with Crippen LogP contribution in [0.4, 0.5) is 4.39 Å². The fourth-order valence-electron chi connectivity index (χ4n) is 4.15. The van der Waals surface area contributed by atoms with E-state index in [4.69, 9.17) is 11.6 Å². The summed E-state index contributed by atoms with van der Waals surface area (Å²) < 4.78 is 13.3. The van der Waals surface area contributed by atoms with Crippen molar-refractivity contribution in [2.24, 2.45) is 5.92 Å². The van der Waals surface area contributed by atoms with Crippen LogP contribution in [0.25, 0.3) is 10.9 Å². The molecule has 1 aliphatic rings. The molecule has 0 unspecified atom stereocenters. The molecule has 33 heavy (non-hydrogen) atoms. The van der Waals surface area contributed by atoms with Crippen LogP contribution in [0.2, 0.25) is 5.15 Å². The summed E-state index contributed by atoms with van der Waals surface area (Å²) in [6, 6.07) is 8.29. The Morgan fingerprint density at radius 3 is 2.58 bits per heavy atom. The van der Waals surface area contributed by atoms with Gasteiger partial charge in [0.15, 0.2) is 0 Å². The van der Waals surface area contributed by atoms with Crippen molar-refractivity contribution in [3.8, 4) is 0 Å². The molecule has 0 spiro atoms. The Kier molecular flexibility index (Phi) is 6.74. The van der Waals surface area contributed by atoms with E-state index in [9.17, 15) is 18.8 Å². The number of H-pyrrole nitrogens is 1. The van der Waals surface area contributed by atoms with E-state index >= 15 is 0 Å². The van der Waals surface area contributed by atoms with Crippen LogP contribution in [0.5, 0.6) is 0 Å². The number of nitrogens with zero attached hydrogens (tertiary/aromatic N) is 2. The van der Waals surface area contributed by atoms with E-state index in [-0.39, 0.29) is 35.5 Å². The number of hydrogen-bond donors (Lipinski definition) is 2. The van der Waals surface area contributed by atoms with E-state index < -0.39 is 11.9 Å². The van der Waals surface area contributed by atoms with Gasteiger partial charge in [-0.2, -0.15) is 0 Å².